The van der Waals surface area contributed by atoms with Crippen molar-refractivity contribution in [1.29, 1.82) is 0 Å². The largest absolute Gasteiger partial charge is 0.478 e. The fraction of sp³-hybridized carbons (Fsp3) is 0.0769. The van der Waals surface area contributed by atoms with Crippen molar-refractivity contribution in [2.75, 3.05) is 0 Å². The van der Waals surface area contributed by atoms with E-state index in [-0.39, 0.29) is 15.5 Å². The second kappa shape index (κ2) is 6.07. The van der Waals surface area contributed by atoms with Crippen LogP contribution in [0.25, 0.3) is 0 Å². The molecule has 0 saturated carbocycles. The minimum absolute atomic E-state index is 0.00699. The van der Waals surface area contributed by atoms with E-state index in [1.54, 1.807) is 0 Å². The summed E-state index contributed by atoms with van der Waals surface area (Å²) in [5, 5.41) is 9.03. The topological polar surface area (TPSA) is 50.2 Å². The van der Waals surface area contributed by atoms with Crippen LogP contribution in [0.3, 0.4) is 0 Å². The molecule has 1 heterocycles. The Morgan fingerprint density at radius 3 is 2.48 bits per heavy atom. The molecule has 0 bridgehead atoms. The van der Waals surface area contributed by atoms with E-state index in [0.717, 1.165) is 24.0 Å². The number of pyridine rings is 1. The SMILES string of the molecule is O=C(O)c1ccc(Sc2cc(Br)ccc2C(F)(F)F)nc1. The van der Waals surface area contributed by atoms with Crippen molar-refractivity contribution in [1.82, 2.24) is 4.98 Å². The van der Waals surface area contributed by atoms with Crippen LogP contribution >= 0.6 is 27.7 Å². The maximum Gasteiger partial charge on any atom is 0.417 e. The van der Waals surface area contributed by atoms with Gasteiger partial charge in [-0.15, -0.1) is 0 Å². The number of aromatic nitrogens is 1. The second-order valence-corrected chi connectivity index (χ2v) is 5.91. The molecule has 21 heavy (non-hydrogen) atoms. The van der Waals surface area contributed by atoms with Crippen LogP contribution in [-0.2, 0) is 6.18 Å². The molecule has 0 radical (unpaired) electrons. The first-order chi connectivity index (χ1) is 9.77. The summed E-state index contributed by atoms with van der Waals surface area (Å²) in [5.41, 5.74) is -0.788. The number of carbonyl (C=O) groups is 1. The molecule has 0 aliphatic carbocycles. The molecule has 110 valence electrons. The van der Waals surface area contributed by atoms with E-state index in [9.17, 15) is 18.0 Å². The summed E-state index contributed by atoms with van der Waals surface area (Å²) >= 11 is 3.95. The van der Waals surface area contributed by atoms with Crippen molar-refractivity contribution in [3.05, 3.63) is 52.1 Å². The average Bonchev–Trinajstić information content (AvgIpc) is 2.38. The van der Waals surface area contributed by atoms with Gasteiger partial charge in [-0.2, -0.15) is 13.2 Å². The molecule has 3 nitrogen and oxygen atoms in total. The summed E-state index contributed by atoms with van der Waals surface area (Å²) in [5.74, 6) is -1.14. The molecule has 0 saturated heterocycles. The molecule has 1 aromatic carbocycles. The van der Waals surface area contributed by atoms with E-state index in [1.165, 1.54) is 24.3 Å². The van der Waals surface area contributed by atoms with Crippen LogP contribution < -0.4 is 0 Å². The van der Waals surface area contributed by atoms with Crippen molar-refractivity contribution < 1.29 is 23.1 Å². The number of carboxylic acid groups (broad SMARTS) is 1. The number of alkyl halides is 3. The smallest absolute Gasteiger partial charge is 0.417 e. The summed E-state index contributed by atoms with van der Waals surface area (Å²) in [6.45, 7) is 0. The highest BCUT2D eigenvalue weighted by Gasteiger charge is 2.33. The molecule has 2 aromatic rings. The van der Waals surface area contributed by atoms with Crippen molar-refractivity contribution >= 4 is 33.7 Å². The summed E-state index contributed by atoms with van der Waals surface area (Å²) in [6, 6.07) is 6.31. The van der Waals surface area contributed by atoms with Crippen LogP contribution in [0.2, 0.25) is 0 Å². The molecule has 0 spiro atoms. The second-order valence-electron chi connectivity index (χ2n) is 3.93. The van der Waals surface area contributed by atoms with E-state index < -0.39 is 17.7 Å². The Morgan fingerprint density at radius 2 is 1.95 bits per heavy atom. The molecule has 0 amide bonds. The zero-order chi connectivity index (χ0) is 15.6. The van der Waals surface area contributed by atoms with E-state index in [4.69, 9.17) is 5.11 Å². The number of aromatic carboxylic acids is 1. The number of halogens is 4. The van der Waals surface area contributed by atoms with Crippen LogP contribution in [0.15, 0.2) is 50.9 Å². The highest BCUT2D eigenvalue weighted by molar-refractivity contribution is 9.10. The van der Waals surface area contributed by atoms with E-state index in [2.05, 4.69) is 20.9 Å². The Labute approximate surface area is 130 Å². The summed E-state index contributed by atoms with van der Waals surface area (Å²) < 4.78 is 39.3. The van der Waals surface area contributed by atoms with E-state index >= 15 is 0 Å². The molecule has 2 rings (SSSR count). The Morgan fingerprint density at radius 1 is 1.24 bits per heavy atom. The molecule has 0 fully saturated rings. The van der Waals surface area contributed by atoms with Gasteiger partial charge in [0.15, 0.2) is 0 Å². The zero-order valence-electron chi connectivity index (χ0n) is 10.2. The lowest BCUT2D eigenvalue weighted by molar-refractivity contribution is -0.139. The lowest BCUT2D eigenvalue weighted by Crippen LogP contribution is -2.06. The third-order valence-corrected chi connectivity index (χ3v) is 3.95. The molecule has 1 N–H and O–H groups in total. The number of hydrogen-bond acceptors (Lipinski definition) is 3. The summed E-state index contributed by atoms with van der Waals surface area (Å²) in [4.78, 5) is 14.5. The van der Waals surface area contributed by atoms with Crippen molar-refractivity contribution in [3.63, 3.8) is 0 Å². The van der Waals surface area contributed by atoms with Gasteiger partial charge in [-0.1, -0.05) is 27.7 Å². The average molecular weight is 378 g/mol. The first-order valence-electron chi connectivity index (χ1n) is 5.51. The third kappa shape index (κ3) is 3.98. The van der Waals surface area contributed by atoms with E-state index in [0.29, 0.717) is 4.47 Å². The van der Waals surface area contributed by atoms with Gasteiger partial charge in [0.2, 0.25) is 0 Å². The Hall–Kier alpha value is -1.54. The standard InChI is InChI=1S/C13H7BrF3NO2S/c14-8-2-3-9(13(15,16)17)10(5-8)21-11-4-1-7(6-18-11)12(19)20/h1-6H,(H,19,20). The molecule has 0 aliphatic heterocycles. The Kier molecular flexibility index (Phi) is 4.58. The third-order valence-electron chi connectivity index (χ3n) is 2.45. The molecule has 0 atom stereocenters. The fourth-order valence-electron chi connectivity index (χ4n) is 1.49. The maximum atomic E-state index is 12.9. The lowest BCUT2D eigenvalue weighted by Gasteiger charge is -2.12. The summed E-state index contributed by atoms with van der Waals surface area (Å²) in [7, 11) is 0. The van der Waals surface area contributed by atoms with Crippen LogP contribution in [0.5, 0.6) is 0 Å². The van der Waals surface area contributed by atoms with E-state index in [1.807, 2.05) is 0 Å². The highest BCUT2D eigenvalue weighted by Crippen LogP contribution is 2.40. The quantitative estimate of drug-likeness (QED) is 0.841. The number of nitrogens with zero attached hydrogens (tertiary/aromatic N) is 1. The monoisotopic (exact) mass is 377 g/mol. The van der Waals surface area contributed by atoms with Gasteiger partial charge in [0.1, 0.15) is 5.03 Å². The minimum atomic E-state index is -4.47. The predicted molar refractivity (Wildman–Crippen MR) is 74.5 cm³/mol. The van der Waals surface area contributed by atoms with Crippen LogP contribution in [-0.4, -0.2) is 16.1 Å². The van der Waals surface area contributed by atoms with Crippen molar-refractivity contribution in [2.24, 2.45) is 0 Å². The molecule has 1 aromatic heterocycles. The molecular formula is C13H7BrF3NO2S. The number of benzene rings is 1. The van der Waals surface area contributed by atoms with Gasteiger partial charge >= 0.3 is 12.1 Å². The summed E-state index contributed by atoms with van der Waals surface area (Å²) in [6.07, 6.45) is -3.36. The van der Waals surface area contributed by atoms with Gasteiger partial charge in [0, 0.05) is 15.6 Å². The lowest BCUT2D eigenvalue weighted by atomic mass is 10.2. The van der Waals surface area contributed by atoms with Gasteiger partial charge in [0.25, 0.3) is 0 Å². The Balaban J connectivity index is 2.34. The molecule has 8 heteroatoms. The van der Waals surface area contributed by atoms with Gasteiger partial charge < -0.3 is 5.11 Å². The minimum Gasteiger partial charge on any atom is -0.478 e. The maximum absolute atomic E-state index is 12.9. The Bertz CT molecular complexity index is 674. The van der Waals surface area contributed by atoms with Crippen LogP contribution in [0.1, 0.15) is 15.9 Å². The van der Waals surface area contributed by atoms with Crippen molar-refractivity contribution in [2.45, 2.75) is 16.1 Å². The molecule has 0 aliphatic rings. The molecule has 0 unspecified atom stereocenters. The zero-order valence-corrected chi connectivity index (χ0v) is 12.6. The van der Waals surface area contributed by atoms with Gasteiger partial charge in [-0.05, 0) is 30.3 Å². The first-order valence-corrected chi connectivity index (χ1v) is 7.12. The fourth-order valence-corrected chi connectivity index (χ4v) is 2.95. The van der Waals surface area contributed by atoms with Gasteiger partial charge in [0.05, 0.1) is 11.1 Å². The van der Waals surface area contributed by atoms with Gasteiger partial charge in [-0.3, -0.25) is 0 Å². The first kappa shape index (κ1) is 15.8. The molecular weight excluding hydrogens is 371 g/mol. The van der Waals surface area contributed by atoms with Crippen LogP contribution in [0, 0.1) is 0 Å². The predicted octanol–water partition coefficient (Wildman–Crippen LogP) is 4.71. The number of hydrogen-bond donors (Lipinski definition) is 1. The number of rotatable bonds is 3. The van der Waals surface area contributed by atoms with Gasteiger partial charge in [-0.25, -0.2) is 9.78 Å². The van der Waals surface area contributed by atoms with Crippen molar-refractivity contribution in [3.8, 4) is 0 Å². The highest BCUT2D eigenvalue weighted by atomic mass is 79.9. The number of carboxylic acids is 1. The normalized spacial score (nSPS) is 11.4. The van der Waals surface area contributed by atoms with Crippen LogP contribution in [0.4, 0.5) is 13.2 Å².